The lowest BCUT2D eigenvalue weighted by Gasteiger charge is -2.30. The van der Waals surface area contributed by atoms with Gasteiger partial charge in [-0.2, -0.15) is 0 Å². The average Bonchev–Trinajstić information content (AvgIpc) is 3.75. The first-order valence-electron chi connectivity index (χ1n) is 17.4. The van der Waals surface area contributed by atoms with E-state index < -0.39 is 11.2 Å². The van der Waals surface area contributed by atoms with E-state index in [-0.39, 0.29) is 24.3 Å². The molecule has 0 aliphatic carbocycles. The minimum atomic E-state index is -0.571. The molecule has 0 bridgehead atoms. The van der Waals surface area contributed by atoms with Crippen LogP contribution in [0.5, 0.6) is 0 Å². The number of rotatable bonds is 10. The third kappa shape index (κ3) is 10.2. The standard InChI is InChI=1S/C40H52N6O4/c1-11-23-45(37(47)49-39(5,6)7)27(3)35-41-25-33(43-35)31-19-15-29(16-20-31)13-14-30-17-21-32(22-18-30)34-26-42-36(44-34)28(4)46(24-12-2)38(48)50-40(8,9)10/h15-22,25-28H,11-12,23-24H2,1-10H3,(H,41,43)(H,42,44). The Balaban J connectivity index is 1.40. The summed E-state index contributed by atoms with van der Waals surface area (Å²) in [5, 5.41) is 0. The molecular formula is C40H52N6O4. The van der Waals surface area contributed by atoms with Crippen molar-refractivity contribution >= 4 is 12.2 Å². The molecule has 0 aliphatic heterocycles. The van der Waals surface area contributed by atoms with Crippen LogP contribution in [0.3, 0.4) is 0 Å². The van der Waals surface area contributed by atoms with Crippen LogP contribution in [-0.2, 0) is 9.47 Å². The van der Waals surface area contributed by atoms with E-state index in [2.05, 4.69) is 31.8 Å². The lowest BCUT2D eigenvalue weighted by molar-refractivity contribution is 0.0156. The molecule has 2 amide bonds. The maximum atomic E-state index is 12.9. The number of ether oxygens (including phenoxy) is 2. The van der Waals surface area contributed by atoms with Gasteiger partial charge in [0, 0.05) is 24.2 Å². The van der Waals surface area contributed by atoms with E-state index in [1.165, 1.54) is 0 Å². The quantitative estimate of drug-likeness (QED) is 0.161. The van der Waals surface area contributed by atoms with Crippen molar-refractivity contribution in [1.82, 2.24) is 29.7 Å². The fourth-order valence-electron chi connectivity index (χ4n) is 5.31. The van der Waals surface area contributed by atoms with Crippen LogP contribution in [0.1, 0.15) is 117 Å². The smallest absolute Gasteiger partial charge is 0.410 e. The van der Waals surface area contributed by atoms with Gasteiger partial charge in [0.2, 0.25) is 0 Å². The highest BCUT2D eigenvalue weighted by Crippen LogP contribution is 2.26. The van der Waals surface area contributed by atoms with E-state index >= 15 is 0 Å². The predicted octanol–water partition coefficient (Wildman–Crippen LogP) is 9.28. The molecule has 266 valence electrons. The van der Waals surface area contributed by atoms with Crippen LogP contribution in [0.15, 0.2) is 60.9 Å². The molecule has 2 aromatic carbocycles. The van der Waals surface area contributed by atoms with E-state index in [9.17, 15) is 9.59 Å². The van der Waals surface area contributed by atoms with Crippen molar-refractivity contribution in [2.75, 3.05) is 13.1 Å². The lowest BCUT2D eigenvalue weighted by Crippen LogP contribution is -2.39. The zero-order chi connectivity index (χ0) is 36.6. The topological polar surface area (TPSA) is 116 Å². The highest BCUT2D eigenvalue weighted by atomic mass is 16.6. The Morgan fingerprint density at radius 3 is 1.30 bits per heavy atom. The summed E-state index contributed by atoms with van der Waals surface area (Å²) < 4.78 is 11.3. The van der Waals surface area contributed by atoms with Gasteiger partial charge in [-0.15, -0.1) is 0 Å². The van der Waals surface area contributed by atoms with Gasteiger partial charge in [-0.05, 0) is 104 Å². The second kappa shape index (κ2) is 16.1. The summed E-state index contributed by atoms with van der Waals surface area (Å²) in [6, 6.07) is 15.4. The molecule has 4 rings (SSSR count). The summed E-state index contributed by atoms with van der Waals surface area (Å²) in [7, 11) is 0. The van der Waals surface area contributed by atoms with Gasteiger partial charge in [-0.1, -0.05) is 50.0 Å². The number of hydrogen-bond donors (Lipinski definition) is 2. The molecule has 2 unspecified atom stereocenters. The molecule has 4 aromatic rings. The van der Waals surface area contributed by atoms with Gasteiger partial charge in [0.1, 0.15) is 22.9 Å². The largest absolute Gasteiger partial charge is 0.444 e. The molecule has 10 nitrogen and oxygen atoms in total. The maximum absolute atomic E-state index is 12.9. The van der Waals surface area contributed by atoms with Crippen LogP contribution in [0.4, 0.5) is 9.59 Å². The molecule has 2 atom stereocenters. The number of benzene rings is 2. The molecule has 2 N–H and O–H groups in total. The van der Waals surface area contributed by atoms with Gasteiger partial charge in [0.25, 0.3) is 0 Å². The average molecular weight is 681 g/mol. The van der Waals surface area contributed by atoms with Crippen LogP contribution in [0.25, 0.3) is 22.5 Å². The summed E-state index contributed by atoms with van der Waals surface area (Å²) in [5.41, 5.74) is 4.31. The number of carbonyl (C=O) groups is 2. The monoisotopic (exact) mass is 680 g/mol. The fraction of sp³-hybridized carbons (Fsp3) is 0.450. The molecule has 0 aliphatic rings. The molecule has 0 saturated heterocycles. The first-order valence-corrected chi connectivity index (χ1v) is 17.4. The number of nitrogens with one attached hydrogen (secondary N) is 2. The van der Waals surface area contributed by atoms with Crippen molar-refractivity contribution in [3.63, 3.8) is 0 Å². The Labute approximate surface area is 297 Å². The van der Waals surface area contributed by atoms with Crippen LogP contribution in [0.2, 0.25) is 0 Å². The number of imidazole rings is 2. The zero-order valence-corrected chi connectivity index (χ0v) is 31.2. The summed E-state index contributed by atoms with van der Waals surface area (Å²) in [6.45, 7) is 20.3. The van der Waals surface area contributed by atoms with E-state index in [1.807, 2.05) is 118 Å². The number of carbonyl (C=O) groups excluding carboxylic acids is 2. The molecule has 2 aromatic heterocycles. The van der Waals surface area contributed by atoms with E-state index in [4.69, 9.17) is 9.47 Å². The van der Waals surface area contributed by atoms with Crippen LogP contribution < -0.4 is 0 Å². The molecule has 0 spiro atoms. The zero-order valence-electron chi connectivity index (χ0n) is 31.2. The van der Waals surface area contributed by atoms with Crippen LogP contribution in [0, 0.1) is 11.8 Å². The first kappa shape index (κ1) is 37.8. The van der Waals surface area contributed by atoms with Gasteiger partial charge in [-0.3, -0.25) is 9.80 Å². The fourth-order valence-corrected chi connectivity index (χ4v) is 5.31. The summed E-state index contributed by atoms with van der Waals surface area (Å²) in [6.07, 6.45) is 4.50. The normalized spacial score (nSPS) is 12.8. The van der Waals surface area contributed by atoms with Crippen molar-refractivity contribution in [2.24, 2.45) is 0 Å². The Kier molecular flexibility index (Phi) is 12.2. The van der Waals surface area contributed by atoms with Gasteiger partial charge >= 0.3 is 12.2 Å². The third-order valence-corrected chi connectivity index (χ3v) is 7.85. The molecule has 0 radical (unpaired) electrons. The summed E-state index contributed by atoms with van der Waals surface area (Å²) in [5.74, 6) is 7.90. The molecule has 2 heterocycles. The Morgan fingerprint density at radius 1 is 0.660 bits per heavy atom. The van der Waals surface area contributed by atoms with E-state index in [1.54, 1.807) is 22.2 Å². The Bertz CT molecular complexity index is 1650. The van der Waals surface area contributed by atoms with Gasteiger partial charge in [0.15, 0.2) is 0 Å². The number of hydrogen-bond acceptors (Lipinski definition) is 6. The molecule has 50 heavy (non-hydrogen) atoms. The lowest BCUT2D eigenvalue weighted by atomic mass is 10.1. The van der Waals surface area contributed by atoms with Crippen LogP contribution >= 0.6 is 0 Å². The number of nitrogens with zero attached hydrogens (tertiary/aromatic N) is 4. The highest BCUT2D eigenvalue weighted by Gasteiger charge is 2.29. The predicted molar refractivity (Wildman–Crippen MR) is 197 cm³/mol. The van der Waals surface area contributed by atoms with Crippen LogP contribution in [-0.4, -0.2) is 66.2 Å². The van der Waals surface area contributed by atoms with Crippen molar-refractivity contribution in [3.8, 4) is 34.4 Å². The van der Waals surface area contributed by atoms with E-state index in [0.717, 1.165) is 46.5 Å². The van der Waals surface area contributed by atoms with Crippen molar-refractivity contribution in [1.29, 1.82) is 0 Å². The second-order valence-electron chi connectivity index (χ2n) is 14.5. The minimum Gasteiger partial charge on any atom is -0.444 e. The van der Waals surface area contributed by atoms with Crippen molar-refractivity contribution < 1.29 is 19.1 Å². The minimum absolute atomic E-state index is 0.269. The number of H-pyrrole nitrogens is 2. The summed E-state index contributed by atoms with van der Waals surface area (Å²) in [4.78, 5) is 45.1. The SMILES string of the molecule is CCCN(C(=O)OC(C)(C)C)C(C)c1ncc(-c2ccc(C#Cc3ccc(-c4cnc(C(C)N(CCC)C(=O)OC(C)(C)C)[nH]4)cc3)cc2)[nH]1. The Hall–Kier alpha value is -5.04. The first-order chi connectivity index (χ1) is 23.6. The van der Waals surface area contributed by atoms with E-state index in [0.29, 0.717) is 24.7 Å². The van der Waals surface area contributed by atoms with Gasteiger partial charge < -0.3 is 19.4 Å². The Morgan fingerprint density at radius 2 is 1.00 bits per heavy atom. The molecular weight excluding hydrogens is 628 g/mol. The van der Waals surface area contributed by atoms with Crippen molar-refractivity contribution in [3.05, 3.63) is 83.7 Å². The molecule has 10 heteroatoms. The summed E-state index contributed by atoms with van der Waals surface area (Å²) >= 11 is 0. The molecule has 0 fully saturated rings. The van der Waals surface area contributed by atoms with Gasteiger partial charge in [-0.25, -0.2) is 19.6 Å². The second-order valence-corrected chi connectivity index (χ2v) is 14.5. The highest BCUT2D eigenvalue weighted by molar-refractivity contribution is 5.69. The number of amides is 2. The number of aromatic nitrogens is 4. The van der Waals surface area contributed by atoms with Crippen molar-refractivity contribution in [2.45, 2.75) is 105 Å². The molecule has 0 saturated carbocycles. The number of aromatic amines is 2. The maximum Gasteiger partial charge on any atom is 0.410 e. The van der Waals surface area contributed by atoms with Gasteiger partial charge in [0.05, 0.1) is 35.9 Å². The third-order valence-electron chi connectivity index (χ3n) is 7.85.